The fraction of sp³-hybridized carbons (Fsp3) is 0.444. The molecule has 0 saturated carbocycles. The Morgan fingerprint density at radius 2 is 2.04 bits per heavy atom. The number of carbonyl (C=O) groups is 1. The fourth-order valence-electron chi connectivity index (χ4n) is 2.39. The molecule has 1 aromatic heterocycles. The smallest absolute Gasteiger partial charge is 0.226 e. The second kappa shape index (κ2) is 7.42. The van der Waals surface area contributed by atoms with E-state index in [-0.39, 0.29) is 18.2 Å². The summed E-state index contributed by atoms with van der Waals surface area (Å²) in [5.74, 6) is -0.104. The van der Waals surface area contributed by atoms with E-state index in [0.29, 0.717) is 6.54 Å². The SMILES string of the molecule is Cc1cc(C)n(Cc2cccc(NC(=O)CC(O)C(C)C)c2)n1. The summed E-state index contributed by atoms with van der Waals surface area (Å²) in [5, 5.41) is 17.1. The summed E-state index contributed by atoms with van der Waals surface area (Å²) in [5.41, 5.74) is 3.91. The van der Waals surface area contributed by atoms with E-state index in [9.17, 15) is 9.90 Å². The van der Waals surface area contributed by atoms with Crippen LogP contribution in [-0.4, -0.2) is 26.9 Å². The highest BCUT2D eigenvalue weighted by Gasteiger charge is 2.14. The Morgan fingerprint density at radius 3 is 2.65 bits per heavy atom. The van der Waals surface area contributed by atoms with Crippen LogP contribution in [0.3, 0.4) is 0 Å². The molecule has 2 aromatic rings. The number of carbonyl (C=O) groups excluding carboxylic acids is 1. The van der Waals surface area contributed by atoms with E-state index in [2.05, 4.69) is 10.4 Å². The molecule has 2 rings (SSSR count). The number of hydrogen-bond donors (Lipinski definition) is 2. The van der Waals surface area contributed by atoms with E-state index in [1.807, 2.05) is 62.7 Å². The van der Waals surface area contributed by atoms with Crippen molar-refractivity contribution in [3.63, 3.8) is 0 Å². The van der Waals surface area contributed by atoms with Gasteiger partial charge in [-0.3, -0.25) is 9.48 Å². The summed E-state index contributed by atoms with van der Waals surface area (Å²) >= 11 is 0. The van der Waals surface area contributed by atoms with Crippen molar-refractivity contribution in [2.24, 2.45) is 5.92 Å². The summed E-state index contributed by atoms with van der Waals surface area (Å²) in [4.78, 5) is 12.0. The predicted molar refractivity (Wildman–Crippen MR) is 91.3 cm³/mol. The van der Waals surface area contributed by atoms with Gasteiger partial charge in [0.1, 0.15) is 0 Å². The summed E-state index contributed by atoms with van der Waals surface area (Å²) in [6, 6.07) is 9.75. The second-order valence-electron chi connectivity index (χ2n) is 6.35. The van der Waals surface area contributed by atoms with Crippen molar-refractivity contribution in [3.8, 4) is 0 Å². The van der Waals surface area contributed by atoms with Crippen LogP contribution in [-0.2, 0) is 11.3 Å². The van der Waals surface area contributed by atoms with Gasteiger partial charge >= 0.3 is 0 Å². The Balaban J connectivity index is 2.02. The van der Waals surface area contributed by atoms with E-state index in [1.165, 1.54) is 0 Å². The predicted octanol–water partition coefficient (Wildman–Crippen LogP) is 2.89. The van der Waals surface area contributed by atoms with Crippen molar-refractivity contribution in [2.45, 2.75) is 46.8 Å². The number of hydrogen-bond acceptors (Lipinski definition) is 3. The van der Waals surface area contributed by atoms with Crippen LogP contribution in [0.4, 0.5) is 5.69 Å². The standard InChI is InChI=1S/C18H25N3O2/c1-12(2)17(22)10-18(23)19-16-7-5-6-15(9-16)11-21-14(4)8-13(3)20-21/h5-9,12,17,22H,10-11H2,1-4H3,(H,19,23). The molecule has 23 heavy (non-hydrogen) atoms. The van der Waals surface area contributed by atoms with E-state index in [0.717, 1.165) is 22.6 Å². The third-order valence-corrected chi connectivity index (χ3v) is 3.81. The summed E-state index contributed by atoms with van der Waals surface area (Å²) in [6.07, 6.45) is -0.507. The van der Waals surface area contributed by atoms with Gasteiger partial charge in [-0.15, -0.1) is 0 Å². The number of rotatable bonds is 6. The van der Waals surface area contributed by atoms with Gasteiger partial charge in [0.15, 0.2) is 0 Å². The minimum Gasteiger partial charge on any atom is -0.392 e. The van der Waals surface area contributed by atoms with Gasteiger partial charge < -0.3 is 10.4 Å². The van der Waals surface area contributed by atoms with Gasteiger partial charge in [-0.1, -0.05) is 26.0 Å². The van der Waals surface area contributed by atoms with E-state index < -0.39 is 6.10 Å². The van der Waals surface area contributed by atoms with Crippen LogP contribution in [0.15, 0.2) is 30.3 Å². The number of amides is 1. The molecule has 0 spiro atoms. The fourth-order valence-corrected chi connectivity index (χ4v) is 2.39. The van der Waals surface area contributed by atoms with Crippen molar-refractivity contribution < 1.29 is 9.90 Å². The molecule has 2 N–H and O–H groups in total. The highest BCUT2D eigenvalue weighted by Crippen LogP contribution is 2.14. The highest BCUT2D eigenvalue weighted by molar-refractivity contribution is 5.91. The lowest BCUT2D eigenvalue weighted by Crippen LogP contribution is -2.23. The second-order valence-corrected chi connectivity index (χ2v) is 6.35. The van der Waals surface area contributed by atoms with Crippen molar-refractivity contribution >= 4 is 11.6 Å². The number of benzene rings is 1. The molecule has 5 heteroatoms. The molecule has 0 aliphatic carbocycles. The molecule has 0 bridgehead atoms. The van der Waals surface area contributed by atoms with Crippen LogP contribution in [0.2, 0.25) is 0 Å². The van der Waals surface area contributed by atoms with Crippen LogP contribution < -0.4 is 5.32 Å². The Labute approximate surface area is 137 Å². The number of anilines is 1. The van der Waals surface area contributed by atoms with Crippen molar-refractivity contribution in [1.82, 2.24) is 9.78 Å². The number of aromatic nitrogens is 2. The van der Waals surface area contributed by atoms with Crippen LogP contribution in [0, 0.1) is 19.8 Å². The molecular formula is C18H25N3O2. The first kappa shape index (κ1) is 17.2. The molecular weight excluding hydrogens is 290 g/mol. The summed E-state index contributed by atoms with van der Waals surface area (Å²) < 4.78 is 1.94. The number of aliphatic hydroxyl groups excluding tert-OH is 1. The van der Waals surface area contributed by atoms with Crippen molar-refractivity contribution in [1.29, 1.82) is 0 Å². The first-order valence-electron chi connectivity index (χ1n) is 7.93. The third-order valence-electron chi connectivity index (χ3n) is 3.81. The number of aryl methyl sites for hydroxylation is 2. The van der Waals surface area contributed by atoms with Crippen LogP contribution in [0.5, 0.6) is 0 Å². The first-order chi connectivity index (χ1) is 10.8. The first-order valence-corrected chi connectivity index (χ1v) is 7.93. The van der Waals surface area contributed by atoms with Crippen LogP contribution in [0.1, 0.15) is 37.2 Å². The van der Waals surface area contributed by atoms with Crippen LogP contribution in [0.25, 0.3) is 0 Å². The zero-order chi connectivity index (χ0) is 17.0. The molecule has 0 aliphatic rings. The maximum absolute atomic E-state index is 12.0. The number of nitrogens with zero attached hydrogens (tertiary/aromatic N) is 2. The maximum atomic E-state index is 12.0. The van der Waals surface area contributed by atoms with E-state index in [4.69, 9.17) is 0 Å². The van der Waals surface area contributed by atoms with Gasteiger partial charge in [-0.25, -0.2) is 0 Å². The number of aliphatic hydroxyl groups is 1. The van der Waals surface area contributed by atoms with Gasteiger partial charge in [-0.2, -0.15) is 5.10 Å². The molecule has 1 unspecified atom stereocenters. The van der Waals surface area contributed by atoms with E-state index >= 15 is 0 Å². The van der Waals surface area contributed by atoms with Gasteiger partial charge in [-0.05, 0) is 43.5 Å². The van der Waals surface area contributed by atoms with Gasteiger partial charge in [0.05, 0.1) is 24.8 Å². The summed E-state index contributed by atoms with van der Waals surface area (Å²) in [6.45, 7) is 8.46. The molecule has 0 radical (unpaired) electrons. The average Bonchev–Trinajstić information content (AvgIpc) is 2.76. The Morgan fingerprint density at radius 1 is 1.30 bits per heavy atom. The lowest BCUT2D eigenvalue weighted by molar-refractivity contribution is -0.118. The van der Waals surface area contributed by atoms with E-state index in [1.54, 1.807) is 0 Å². The molecule has 124 valence electrons. The monoisotopic (exact) mass is 315 g/mol. The molecule has 1 amide bonds. The molecule has 0 aliphatic heterocycles. The Bertz CT molecular complexity index is 677. The highest BCUT2D eigenvalue weighted by atomic mass is 16.3. The quantitative estimate of drug-likeness (QED) is 0.861. The Hall–Kier alpha value is -2.14. The van der Waals surface area contributed by atoms with Gasteiger partial charge in [0.25, 0.3) is 0 Å². The largest absolute Gasteiger partial charge is 0.392 e. The van der Waals surface area contributed by atoms with Crippen molar-refractivity contribution in [2.75, 3.05) is 5.32 Å². The molecule has 1 atom stereocenters. The zero-order valence-corrected chi connectivity index (χ0v) is 14.2. The number of nitrogens with one attached hydrogen (secondary N) is 1. The molecule has 1 aromatic carbocycles. The minimum atomic E-state index is -0.618. The zero-order valence-electron chi connectivity index (χ0n) is 14.2. The van der Waals surface area contributed by atoms with Gasteiger partial charge in [0, 0.05) is 11.4 Å². The van der Waals surface area contributed by atoms with Crippen molar-refractivity contribution in [3.05, 3.63) is 47.3 Å². The molecule has 5 nitrogen and oxygen atoms in total. The molecule has 0 saturated heterocycles. The minimum absolute atomic E-state index is 0.0677. The van der Waals surface area contributed by atoms with Crippen LogP contribution >= 0.6 is 0 Å². The lowest BCUT2D eigenvalue weighted by atomic mass is 10.0. The molecule has 1 heterocycles. The normalized spacial score (nSPS) is 12.4. The van der Waals surface area contributed by atoms with Gasteiger partial charge in [0.2, 0.25) is 5.91 Å². The third kappa shape index (κ3) is 4.93. The topological polar surface area (TPSA) is 67.2 Å². The average molecular weight is 315 g/mol. The Kier molecular flexibility index (Phi) is 5.55. The molecule has 0 fully saturated rings. The summed E-state index contributed by atoms with van der Waals surface area (Å²) in [7, 11) is 0. The lowest BCUT2D eigenvalue weighted by Gasteiger charge is -2.14. The maximum Gasteiger partial charge on any atom is 0.226 e.